The van der Waals surface area contributed by atoms with Crippen molar-refractivity contribution in [2.24, 2.45) is 0 Å². The standard InChI is InChI=1S/C12H9NO3S/c1-17(15,16)13-10-7-3-5-8-4-2-6-9(11(8)10)12(13)14/h2-7H,1H3. The van der Waals surface area contributed by atoms with Crippen LogP contribution < -0.4 is 4.31 Å². The predicted molar refractivity (Wildman–Crippen MR) is 65.6 cm³/mol. The van der Waals surface area contributed by atoms with Crippen molar-refractivity contribution in [3.63, 3.8) is 0 Å². The zero-order valence-electron chi connectivity index (χ0n) is 9.04. The lowest BCUT2D eigenvalue weighted by Crippen LogP contribution is -2.32. The van der Waals surface area contributed by atoms with Crippen molar-refractivity contribution in [3.8, 4) is 0 Å². The maximum absolute atomic E-state index is 12.1. The van der Waals surface area contributed by atoms with Gasteiger partial charge >= 0.3 is 0 Å². The summed E-state index contributed by atoms with van der Waals surface area (Å²) < 4.78 is 24.2. The van der Waals surface area contributed by atoms with Crippen LogP contribution in [0.5, 0.6) is 0 Å². The Bertz CT molecular complexity index is 744. The monoisotopic (exact) mass is 247 g/mol. The first-order valence-corrected chi connectivity index (χ1v) is 6.91. The van der Waals surface area contributed by atoms with Gasteiger partial charge in [0.05, 0.1) is 17.5 Å². The Morgan fingerprint density at radius 1 is 1.06 bits per heavy atom. The van der Waals surface area contributed by atoms with Gasteiger partial charge in [-0.05, 0) is 17.5 Å². The molecule has 0 N–H and O–H groups in total. The van der Waals surface area contributed by atoms with Crippen LogP contribution in [0.4, 0.5) is 5.69 Å². The highest BCUT2D eigenvalue weighted by Crippen LogP contribution is 2.38. The highest BCUT2D eigenvalue weighted by Gasteiger charge is 2.35. The van der Waals surface area contributed by atoms with Gasteiger partial charge in [0, 0.05) is 5.39 Å². The molecule has 0 radical (unpaired) electrons. The van der Waals surface area contributed by atoms with Crippen LogP contribution in [-0.4, -0.2) is 20.6 Å². The quantitative estimate of drug-likeness (QED) is 0.771. The number of nitrogens with zero attached hydrogens (tertiary/aromatic N) is 1. The van der Waals surface area contributed by atoms with E-state index in [2.05, 4.69) is 0 Å². The van der Waals surface area contributed by atoms with Crippen molar-refractivity contribution in [2.75, 3.05) is 10.6 Å². The second kappa shape index (κ2) is 3.07. The Morgan fingerprint density at radius 3 is 2.35 bits per heavy atom. The van der Waals surface area contributed by atoms with Crippen molar-refractivity contribution in [1.29, 1.82) is 0 Å². The SMILES string of the molecule is CS(=O)(=O)N1C(=O)c2cccc3cccc1c23. The third-order valence-electron chi connectivity index (χ3n) is 2.85. The van der Waals surface area contributed by atoms with Gasteiger partial charge in [0.25, 0.3) is 5.91 Å². The van der Waals surface area contributed by atoms with Gasteiger partial charge in [-0.3, -0.25) is 4.79 Å². The molecule has 0 fully saturated rings. The zero-order valence-corrected chi connectivity index (χ0v) is 9.86. The lowest BCUT2D eigenvalue weighted by Gasteiger charge is -2.14. The molecule has 3 rings (SSSR count). The molecule has 0 saturated heterocycles. The van der Waals surface area contributed by atoms with Crippen LogP contribution in [0.25, 0.3) is 10.8 Å². The van der Waals surface area contributed by atoms with E-state index in [1.54, 1.807) is 24.3 Å². The van der Waals surface area contributed by atoms with E-state index in [0.29, 0.717) is 16.6 Å². The van der Waals surface area contributed by atoms with E-state index in [9.17, 15) is 13.2 Å². The van der Waals surface area contributed by atoms with E-state index < -0.39 is 15.9 Å². The minimum absolute atomic E-state index is 0.448. The highest BCUT2D eigenvalue weighted by atomic mass is 32.2. The zero-order chi connectivity index (χ0) is 12.2. The Hall–Kier alpha value is -1.88. The Kier molecular flexibility index (Phi) is 1.86. The molecule has 17 heavy (non-hydrogen) atoms. The summed E-state index contributed by atoms with van der Waals surface area (Å²) in [6.45, 7) is 0. The van der Waals surface area contributed by atoms with Gasteiger partial charge in [-0.15, -0.1) is 0 Å². The molecule has 1 amide bonds. The highest BCUT2D eigenvalue weighted by molar-refractivity contribution is 7.93. The van der Waals surface area contributed by atoms with Gasteiger partial charge in [-0.25, -0.2) is 12.7 Å². The van der Waals surface area contributed by atoms with E-state index in [4.69, 9.17) is 0 Å². The van der Waals surface area contributed by atoms with E-state index in [-0.39, 0.29) is 0 Å². The molecular weight excluding hydrogens is 238 g/mol. The number of benzene rings is 2. The smallest absolute Gasteiger partial charge is 0.268 e. The molecule has 5 heteroatoms. The predicted octanol–water partition coefficient (Wildman–Crippen LogP) is 1.76. The molecule has 0 aliphatic carbocycles. The summed E-state index contributed by atoms with van der Waals surface area (Å²) in [5.74, 6) is -0.473. The molecule has 0 unspecified atom stereocenters. The number of hydrogen-bond acceptors (Lipinski definition) is 3. The fourth-order valence-corrected chi connectivity index (χ4v) is 3.13. The summed E-state index contributed by atoms with van der Waals surface area (Å²) >= 11 is 0. The summed E-state index contributed by atoms with van der Waals surface area (Å²) in [4.78, 5) is 12.1. The number of anilines is 1. The third kappa shape index (κ3) is 1.29. The first kappa shape index (κ1) is 10.3. The average Bonchev–Trinajstić information content (AvgIpc) is 2.54. The van der Waals surface area contributed by atoms with E-state index in [0.717, 1.165) is 15.9 Å². The Labute approximate surface area is 98.5 Å². The molecule has 0 atom stereocenters. The Balaban J connectivity index is 2.47. The molecule has 0 aromatic heterocycles. The maximum Gasteiger partial charge on any atom is 0.272 e. The lowest BCUT2D eigenvalue weighted by atomic mass is 10.1. The van der Waals surface area contributed by atoms with Crippen LogP contribution >= 0.6 is 0 Å². The molecular formula is C12H9NO3S. The van der Waals surface area contributed by atoms with Gasteiger partial charge < -0.3 is 0 Å². The molecule has 0 bridgehead atoms. The van der Waals surface area contributed by atoms with Crippen LogP contribution in [-0.2, 0) is 10.0 Å². The number of sulfonamides is 1. The lowest BCUT2D eigenvalue weighted by molar-refractivity contribution is 0.101. The summed E-state index contributed by atoms with van der Waals surface area (Å²) in [6, 6.07) is 10.5. The summed E-state index contributed by atoms with van der Waals surface area (Å²) in [7, 11) is -3.58. The first-order chi connectivity index (χ1) is 8.00. The molecule has 1 aliphatic rings. The maximum atomic E-state index is 12.1. The van der Waals surface area contributed by atoms with Crippen molar-refractivity contribution < 1.29 is 13.2 Å². The largest absolute Gasteiger partial charge is 0.272 e. The van der Waals surface area contributed by atoms with Crippen LogP contribution in [0.2, 0.25) is 0 Å². The molecule has 86 valence electrons. The van der Waals surface area contributed by atoms with Crippen LogP contribution in [0.15, 0.2) is 36.4 Å². The normalized spacial score (nSPS) is 14.6. The van der Waals surface area contributed by atoms with E-state index in [1.165, 1.54) is 0 Å². The fourth-order valence-electron chi connectivity index (χ4n) is 2.22. The van der Waals surface area contributed by atoms with Gasteiger partial charge in [0.1, 0.15) is 0 Å². The fraction of sp³-hybridized carbons (Fsp3) is 0.0833. The van der Waals surface area contributed by atoms with Crippen LogP contribution in [0.1, 0.15) is 10.4 Å². The molecule has 2 aromatic rings. The number of carbonyl (C=O) groups excluding carboxylic acids is 1. The minimum Gasteiger partial charge on any atom is -0.268 e. The van der Waals surface area contributed by atoms with Gasteiger partial charge in [-0.1, -0.05) is 24.3 Å². The molecule has 4 nitrogen and oxygen atoms in total. The second-order valence-electron chi connectivity index (χ2n) is 4.01. The number of amides is 1. The van der Waals surface area contributed by atoms with Crippen molar-refractivity contribution in [1.82, 2.24) is 0 Å². The Morgan fingerprint density at radius 2 is 1.71 bits per heavy atom. The number of carbonyl (C=O) groups is 1. The third-order valence-corrected chi connectivity index (χ3v) is 3.87. The topological polar surface area (TPSA) is 54.5 Å². The summed E-state index contributed by atoms with van der Waals surface area (Å²) in [5.41, 5.74) is 0.897. The summed E-state index contributed by atoms with van der Waals surface area (Å²) in [5, 5.41) is 1.59. The van der Waals surface area contributed by atoms with Crippen LogP contribution in [0.3, 0.4) is 0 Å². The number of rotatable bonds is 1. The molecule has 0 spiro atoms. The van der Waals surface area contributed by atoms with Gasteiger partial charge in [-0.2, -0.15) is 0 Å². The van der Waals surface area contributed by atoms with Crippen LogP contribution in [0, 0.1) is 0 Å². The minimum atomic E-state index is -3.58. The van der Waals surface area contributed by atoms with Crippen molar-refractivity contribution in [3.05, 3.63) is 42.0 Å². The summed E-state index contributed by atoms with van der Waals surface area (Å²) in [6.07, 6.45) is 1.04. The van der Waals surface area contributed by atoms with E-state index >= 15 is 0 Å². The average molecular weight is 247 g/mol. The van der Waals surface area contributed by atoms with Crippen molar-refractivity contribution in [2.45, 2.75) is 0 Å². The van der Waals surface area contributed by atoms with Gasteiger partial charge in [0.2, 0.25) is 10.0 Å². The first-order valence-electron chi connectivity index (χ1n) is 5.06. The molecule has 1 aliphatic heterocycles. The molecule has 2 aromatic carbocycles. The number of hydrogen-bond donors (Lipinski definition) is 0. The van der Waals surface area contributed by atoms with Gasteiger partial charge in [0.15, 0.2) is 0 Å². The molecule has 0 saturated carbocycles. The second-order valence-corrected chi connectivity index (χ2v) is 5.84. The molecule has 1 heterocycles. The van der Waals surface area contributed by atoms with Crippen molar-refractivity contribution >= 4 is 32.4 Å². The van der Waals surface area contributed by atoms with E-state index in [1.807, 2.05) is 12.1 Å².